The molecule has 14 heavy (non-hydrogen) atoms. The first-order valence-electron chi connectivity index (χ1n) is 5.92. The van der Waals surface area contributed by atoms with Crippen LogP contribution in [-0.2, 0) is 0 Å². The van der Waals surface area contributed by atoms with Crippen LogP contribution in [0.4, 0.5) is 0 Å². The molecule has 2 unspecified atom stereocenters. The summed E-state index contributed by atoms with van der Waals surface area (Å²) in [6, 6.07) is 0.355. The van der Waals surface area contributed by atoms with Crippen LogP contribution >= 0.6 is 0 Å². The minimum absolute atomic E-state index is 0.355. The Morgan fingerprint density at radius 1 is 1.43 bits per heavy atom. The third-order valence-electron chi connectivity index (χ3n) is 3.60. The standard InChI is InChI=1S/C12H26N2/c1-5-10(2)11(13)8-14-7-6-12(3,4)9-14/h10-11H,5-9,13H2,1-4H3. The van der Waals surface area contributed by atoms with Gasteiger partial charge in [0.2, 0.25) is 0 Å². The quantitative estimate of drug-likeness (QED) is 0.749. The lowest BCUT2D eigenvalue weighted by Gasteiger charge is -2.25. The zero-order chi connectivity index (χ0) is 10.8. The zero-order valence-electron chi connectivity index (χ0n) is 10.2. The van der Waals surface area contributed by atoms with Gasteiger partial charge in [-0.25, -0.2) is 0 Å². The fraction of sp³-hybridized carbons (Fsp3) is 1.00. The Kier molecular flexibility index (Phi) is 3.96. The molecule has 0 aromatic rings. The molecular formula is C12H26N2. The number of nitrogens with two attached hydrogens (primary N) is 1. The summed E-state index contributed by atoms with van der Waals surface area (Å²) in [4.78, 5) is 2.52. The predicted molar refractivity (Wildman–Crippen MR) is 62.3 cm³/mol. The first kappa shape index (κ1) is 12.0. The SMILES string of the molecule is CCC(C)C(N)CN1CCC(C)(C)C1. The lowest BCUT2D eigenvalue weighted by atomic mass is 9.93. The van der Waals surface area contributed by atoms with Crippen LogP contribution in [0.3, 0.4) is 0 Å². The minimum Gasteiger partial charge on any atom is -0.326 e. The van der Waals surface area contributed by atoms with E-state index in [2.05, 4.69) is 32.6 Å². The van der Waals surface area contributed by atoms with Crippen LogP contribution in [-0.4, -0.2) is 30.6 Å². The monoisotopic (exact) mass is 198 g/mol. The Bertz CT molecular complexity index is 177. The van der Waals surface area contributed by atoms with Crippen molar-refractivity contribution in [3.8, 4) is 0 Å². The molecule has 0 aliphatic carbocycles. The van der Waals surface area contributed by atoms with Crippen molar-refractivity contribution in [1.82, 2.24) is 4.90 Å². The molecule has 1 heterocycles. The highest BCUT2D eigenvalue weighted by atomic mass is 15.2. The maximum atomic E-state index is 6.15. The van der Waals surface area contributed by atoms with E-state index in [0.717, 1.165) is 6.54 Å². The van der Waals surface area contributed by atoms with Gasteiger partial charge < -0.3 is 10.6 Å². The van der Waals surface area contributed by atoms with E-state index >= 15 is 0 Å². The maximum Gasteiger partial charge on any atom is 0.0193 e. The molecule has 0 radical (unpaired) electrons. The van der Waals surface area contributed by atoms with Crippen molar-refractivity contribution in [3.05, 3.63) is 0 Å². The van der Waals surface area contributed by atoms with Crippen LogP contribution in [0.15, 0.2) is 0 Å². The molecule has 2 N–H and O–H groups in total. The van der Waals surface area contributed by atoms with Gasteiger partial charge in [0.25, 0.3) is 0 Å². The van der Waals surface area contributed by atoms with E-state index in [-0.39, 0.29) is 0 Å². The Hall–Kier alpha value is -0.0800. The Morgan fingerprint density at radius 2 is 2.07 bits per heavy atom. The summed E-state index contributed by atoms with van der Waals surface area (Å²) in [5.74, 6) is 0.652. The van der Waals surface area contributed by atoms with E-state index in [0.29, 0.717) is 17.4 Å². The highest BCUT2D eigenvalue weighted by Crippen LogP contribution is 2.28. The number of hydrogen-bond donors (Lipinski definition) is 1. The van der Waals surface area contributed by atoms with Gasteiger partial charge in [0.1, 0.15) is 0 Å². The number of hydrogen-bond acceptors (Lipinski definition) is 2. The molecule has 0 saturated carbocycles. The van der Waals surface area contributed by atoms with Crippen molar-refractivity contribution in [2.24, 2.45) is 17.1 Å². The highest BCUT2D eigenvalue weighted by molar-refractivity contribution is 4.85. The summed E-state index contributed by atoms with van der Waals surface area (Å²) in [5.41, 5.74) is 6.66. The van der Waals surface area contributed by atoms with E-state index in [1.165, 1.54) is 25.9 Å². The van der Waals surface area contributed by atoms with Crippen LogP contribution in [0.1, 0.15) is 40.5 Å². The van der Waals surface area contributed by atoms with Crippen molar-refractivity contribution in [3.63, 3.8) is 0 Å². The lowest BCUT2D eigenvalue weighted by Crippen LogP contribution is -2.40. The van der Waals surface area contributed by atoms with Crippen LogP contribution in [0, 0.1) is 11.3 Å². The largest absolute Gasteiger partial charge is 0.326 e. The van der Waals surface area contributed by atoms with Gasteiger partial charge in [-0.15, -0.1) is 0 Å². The van der Waals surface area contributed by atoms with Gasteiger partial charge >= 0.3 is 0 Å². The summed E-state index contributed by atoms with van der Waals surface area (Å²) < 4.78 is 0. The third kappa shape index (κ3) is 3.25. The number of rotatable bonds is 4. The Morgan fingerprint density at radius 3 is 2.50 bits per heavy atom. The van der Waals surface area contributed by atoms with E-state index < -0.39 is 0 Å². The highest BCUT2D eigenvalue weighted by Gasteiger charge is 2.30. The second-order valence-corrected chi connectivity index (χ2v) is 5.70. The lowest BCUT2D eigenvalue weighted by molar-refractivity contribution is 0.249. The molecule has 1 fully saturated rings. The van der Waals surface area contributed by atoms with Crippen molar-refractivity contribution < 1.29 is 0 Å². The van der Waals surface area contributed by atoms with Gasteiger partial charge in [0, 0.05) is 19.1 Å². The number of nitrogens with zero attached hydrogens (tertiary/aromatic N) is 1. The average Bonchev–Trinajstić information content (AvgIpc) is 2.44. The molecule has 0 spiro atoms. The molecule has 0 aromatic carbocycles. The van der Waals surface area contributed by atoms with Gasteiger partial charge in [0.15, 0.2) is 0 Å². The molecule has 2 nitrogen and oxygen atoms in total. The van der Waals surface area contributed by atoms with Gasteiger partial charge in [-0.3, -0.25) is 0 Å². The Balaban J connectivity index is 2.32. The molecule has 1 aliphatic heterocycles. The topological polar surface area (TPSA) is 29.3 Å². The first-order chi connectivity index (χ1) is 6.44. The molecule has 2 heteroatoms. The number of likely N-dealkylation sites (tertiary alicyclic amines) is 1. The fourth-order valence-electron chi connectivity index (χ4n) is 2.16. The zero-order valence-corrected chi connectivity index (χ0v) is 10.2. The van der Waals surface area contributed by atoms with E-state index in [9.17, 15) is 0 Å². The second kappa shape index (κ2) is 4.63. The van der Waals surface area contributed by atoms with Gasteiger partial charge in [-0.2, -0.15) is 0 Å². The van der Waals surface area contributed by atoms with Gasteiger partial charge in [-0.05, 0) is 24.3 Å². The molecule has 1 rings (SSSR count). The molecule has 1 saturated heterocycles. The van der Waals surface area contributed by atoms with Gasteiger partial charge in [0.05, 0.1) is 0 Å². The second-order valence-electron chi connectivity index (χ2n) is 5.70. The summed E-state index contributed by atoms with van der Waals surface area (Å²) in [7, 11) is 0. The van der Waals surface area contributed by atoms with Crippen LogP contribution in [0.25, 0.3) is 0 Å². The molecule has 2 atom stereocenters. The molecule has 1 aliphatic rings. The van der Waals surface area contributed by atoms with Crippen molar-refractivity contribution in [1.29, 1.82) is 0 Å². The summed E-state index contributed by atoms with van der Waals surface area (Å²) in [6.07, 6.45) is 2.51. The Labute approximate surface area is 88.8 Å². The predicted octanol–water partition coefficient (Wildman–Crippen LogP) is 2.09. The molecule has 0 amide bonds. The van der Waals surface area contributed by atoms with Crippen molar-refractivity contribution >= 4 is 0 Å². The van der Waals surface area contributed by atoms with Crippen molar-refractivity contribution in [2.45, 2.75) is 46.6 Å². The molecule has 84 valence electrons. The smallest absolute Gasteiger partial charge is 0.0193 e. The van der Waals surface area contributed by atoms with Crippen molar-refractivity contribution in [2.75, 3.05) is 19.6 Å². The fourth-order valence-corrected chi connectivity index (χ4v) is 2.16. The molecule has 0 aromatic heterocycles. The summed E-state index contributed by atoms with van der Waals surface area (Å²) in [5, 5.41) is 0. The summed E-state index contributed by atoms with van der Waals surface area (Å²) in [6.45, 7) is 12.7. The van der Waals surface area contributed by atoms with Gasteiger partial charge in [-0.1, -0.05) is 34.1 Å². The minimum atomic E-state index is 0.355. The van der Waals surface area contributed by atoms with E-state index in [4.69, 9.17) is 5.73 Å². The molecule has 0 bridgehead atoms. The third-order valence-corrected chi connectivity index (χ3v) is 3.60. The first-order valence-corrected chi connectivity index (χ1v) is 5.92. The average molecular weight is 198 g/mol. The normalized spacial score (nSPS) is 26.4. The summed E-state index contributed by atoms with van der Waals surface area (Å²) >= 11 is 0. The maximum absolute atomic E-state index is 6.15. The van der Waals surface area contributed by atoms with E-state index in [1.807, 2.05) is 0 Å². The molecular weight excluding hydrogens is 172 g/mol. The van der Waals surface area contributed by atoms with Crippen LogP contribution in [0.5, 0.6) is 0 Å². The van der Waals surface area contributed by atoms with Crippen LogP contribution < -0.4 is 5.73 Å². The van der Waals surface area contributed by atoms with Crippen LogP contribution in [0.2, 0.25) is 0 Å². The van der Waals surface area contributed by atoms with E-state index in [1.54, 1.807) is 0 Å².